The topological polar surface area (TPSA) is 65.7 Å². The van der Waals surface area contributed by atoms with Crippen molar-refractivity contribution in [1.29, 1.82) is 0 Å². The molecular weight excluding hydrogens is 391 g/mol. The van der Waals surface area contributed by atoms with Crippen LogP contribution in [0.5, 0.6) is 0 Å². The molecule has 6 rings (SSSR count). The molecule has 0 radical (unpaired) electrons. The Bertz CT molecular complexity index is 1220. The number of rotatable bonds is 3. The fraction of sp³-hybridized carbons (Fsp3) is 0.320. The first-order chi connectivity index (χ1) is 15.3. The van der Waals surface area contributed by atoms with Crippen LogP contribution in [0.15, 0.2) is 54.7 Å². The zero-order chi connectivity index (χ0) is 20.8. The van der Waals surface area contributed by atoms with Gasteiger partial charge in [0.2, 0.25) is 0 Å². The molecule has 2 aliphatic heterocycles. The van der Waals surface area contributed by atoms with E-state index in [4.69, 9.17) is 4.74 Å². The number of halogens is 1. The van der Waals surface area contributed by atoms with Gasteiger partial charge in [-0.15, -0.1) is 0 Å². The molecule has 6 heteroatoms. The molecule has 0 spiro atoms. The Labute approximate surface area is 180 Å². The average molecular weight is 417 g/mol. The third-order valence-corrected chi connectivity index (χ3v) is 6.77. The number of para-hydroxylation sites is 1. The van der Waals surface area contributed by atoms with E-state index >= 15 is 0 Å². The van der Waals surface area contributed by atoms with Gasteiger partial charge in [-0.05, 0) is 48.9 Å². The highest BCUT2D eigenvalue weighted by Gasteiger charge is 2.36. The van der Waals surface area contributed by atoms with Gasteiger partial charge in [0.1, 0.15) is 11.6 Å². The van der Waals surface area contributed by atoms with E-state index in [-0.39, 0.29) is 17.9 Å². The van der Waals surface area contributed by atoms with Crippen LogP contribution < -0.4 is 5.32 Å². The minimum absolute atomic E-state index is 0.0417. The molecule has 0 bridgehead atoms. The molecule has 0 aliphatic carbocycles. The van der Waals surface area contributed by atoms with E-state index in [0.717, 1.165) is 38.3 Å². The lowest BCUT2D eigenvalue weighted by Crippen LogP contribution is -2.39. The number of aromatic amines is 2. The number of hydrogen-bond acceptors (Lipinski definition) is 3. The highest BCUT2D eigenvalue weighted by Crippen LogP contribution is 2.41. The van der Waals surface area contributed by atoms with Crippen LogP contribution in [0.4, 0.5) is 4.39 Å². The van der Waals surface area contributed by atoms with Gasteiger partial charge in [0.05, 0.1) is 24.0 Å². The summed E-state index contributed by atoms with van der Waals surface area (Å²) in [7, 11) is 0. The van der Waals surface area contributed by atoms with Crippen molar-refractivity contribution < 1.29 is 9.13 Å². The SMILES string of the molecule is Fc1ccccc1-c1cnc([C@H]2Cc3c([nH]c4ccccc34)[C@@H](C3CCOCC3)N2)[nH]1. The summed E-state index contributed by atoms with van der Waals surface area (Å²) in [6, 6.07) is 15.6. The van der Waals surface area contributed by atoms with Gasteiger partial charge >= 0.3 is 0 Å². The maximum Gasteiger partial charge on any atom is 0.132 e. The van der Waals surface area contributed by atoms with Crippen molar-refractivity contribution in [2.75, 3.05) is 13.2 Å². The number of imidazole rings is 1. The van der Waals surface area contributed by atoms with Gasteiger partial charge in [-0.2, -0.15) is 0 Å². The summed E-state index contributed by atoms with van der Waals surface area (Å²) in [6.07, 6.45) is 4.66. The number of hydrogen-bond donors (Lipinski definition) is 3. The molecule has 0 saturated carbocycles. The summed E-state index contributed by atoms with van der Waals surface area (Å²) >= 11 is 0. The second kappa shape index (κ2) is 7.62. The van der Waals surface area contributed by atoms with E-state index in [9.17, 15) is 4.39 Å². The monoisotopic (exact) mass is 416 g/mol. The zero-order valence-corrected chi connectivity index (χ0v) is 17.2. The molecule has 1 fully saturated rings. The average Bonchev–Trinajstić information content (AvgIpc) is 3.44. The molecule has 2 aromatic heterocycles. The van der Waals surface area contributed by atoms with E-state index in [1.54, 1.807) is 18.3 Å². The van der Waals surface area contributed by atoms with Crippen LogP contribution in [0.3, 0.4) is 0 Å². The van der Waals surface area contributed by atoms with Crippen LogP contribution in [0.1, 0.15) is 42.0 Å². The van der Waals surface area contributed by atoms with E-state index < -0.39 is 0 Å². The van der Waals surface area contributed by atoms with Gasteiger partial charge in [0.25, 0.3) is 0 Å². The lowest BCUT2D eigenvalue weighted by molar-refractivity contribution is 0.0497. The Morgan fingerprint density at radius 2 is 1.77 bits per heavy atom. The number of ether oxygens (including phenoxy) is 1. The van der Waals surface area contributed by atoms with Gasteiger partial charge in [-0.1, -0.05) is 30.3 Å². The summed E-state index contributed by atoms with van der Waals surface area (Å²) in [5, 5.41) is 5.14. The number of aromatic nitrogens is 3. The van der Waals surface area contributed by atoms with E-state index in [1.165, 1.54) is 28.2 Å². The van der Waals surface area contributed by atoms with Crippen molar-refractivity contribution in [3.63, 3.8) is 0 Å². The first-order valence-electron chi connectivity index (χ1n) is 11.0. The Morgan fingerprint density at radius 3 is 2.65 bits per heavy atom. The quantitative estimate of drug-likeness (QED) is 0.438. The highest BCUT2D eigenvalue weighted by molar-refractivity contribution is 5.85. The summed E-state index contributed by atoms with van der Waals surface area (Å²) in [5.41, 5.74) is 5.09. The lowest BCUT2D eigenvalue weighted by Gasteiger charge is -2.37. The van der Waals surface area contributed by atoms with E-state index in [0.29, 0.717) is 17.2 Å². The molecule has 158 valence electrons. The normalized spacial score (nSPS) is 22.0. The minimum Gasteiger partial charge on any atom is -0.381 e. The molecule has 3 N–H and O–H groups in total. The Kier molecular flexibility index (Phi) is 4.62. The van der Waals surface area contributed by atoms with Gasteiger partial charge in [0.15, 0.2) is 0 Å². The Balaban J connectivity index is 1.39. The van der Waals surface area contributed by atoms with Crippen molar-refractivity contribution in [1.82, 2.24) is 20.3 Å². The summed E-state index contributed by atoms with van der Waals surface area (Å²) in [5.74, 6) is 1.11. The maximum absolute atomic E-state index is 14.3. The molecule has 4 heterocycles. The van der Waals surface area contributed by atoms with Crippen LogP contribution >= 0.6 is 0 Å². The summed E-state index contributed by atoms with van der Waals surface area (Å²) in [6.45, 7) is 1.61. The standard InChI is InChI=1S/C25H25FN4O/c26-19-7-3-1-6-17(19)22-14-27-25(30-22)21-13-18-16-5-2-4-8-20(16)28-24(18)23(29-21)15-9-11-31-12-10-15/h1-8,14-15,21,23,28-29H,9-13H2,(H,27,30)/t21-,23-/m1/s1. The highest BCUT2D eigenvalue weighted by atomic mass is 19.1. The third-order valence-electron chi connectivity index (χ3n) is 6.77. The van der Waals surface area contributed by atoms with E-state index in [2.05, 4.69) is 44.5 Å². The molecule has 0 unspecified atom stereocenters. The zero-order valence-electron chi connectivity index (χ0n) is 17.2. The molecule has 0 amide bonds. The van der Waals surface area contributed by atoms with Crippen molar-refractivity contribution in [3.05, 3.63) is 77.6 Å². The van der Waals surface area contributed by atoms with Gasteiger partial charge in [-0.25, -0.2) is 9.37 Å². The fourth-order valence-electron chi connectivity index (χ4n) is 5.20. The maximum atomic E-state index is 14.3. The van der Waals surface area contributed by atoms with Crippen LogP contribution in [-0.2, 0) is 11.2 Å². The largest absolute Gasteiger partial charge is 0.381 e. The third kappa shape index (κ3) is 3.27. The van der Waals surface area contributed by atoms with Gasteiger partial charge < -0.3 is 14.7 Å². The number of nitrogens with zero attached hydrogens (tertiary/aromatic N) is 1. The van der Waals surface area contributed by atoms with Crippen LogP contribution in [0.2, 0.25) is 0 Å². The Morgan fingerprint density at radius 1 is 0.968 bits per heavy atom. The Hall–Kier alpha value is -2.96. The van der Waals surface area contributed by atoms with E-state index in [1.807, 2.05) is 6.07 Å². The van der Waals surface area contributed by atoms with Crippen molar-refractivity contribution >= 4 is 10.9 Å². The molecule has 31 heavy (non-hydrogen) atoms. The van der Waals surface area contributed by atoms with Crippen LogP contribution in [0.25, 0.3) is 22.2 Å². The second-order valence-corrected chi connectivity index (χ2v) is 8.58. The first-order valence-corrected chi connectivity index (χ1v) is 11.0. The molecule has 2 atom stereocenters. The predicted molar refractivity (Wildman–Crippen MR) is 118 cm³/mol. The van der Waals surface area contributed by atoms with Gasteiger partial charge in [-0.3, -0.25) is 5.32 Å². The molecule has 2 aromatic carbocycles. The fourth-order valence-corrected chi connectivity index (χ4v) is 5.20. The predicted octanol–water partition coefficient (Wildman–Crippen LogP) is 5.05. The molecule has 1 saturated heterocycles. The lowest BCUT2D eigenvalue weighted by atomic mass is 9.83. The summed E-state index contributed by atoms with van der Waals surface area (Å²) in [4.78, 5) is 11.7. The van der Waals surface area contributed by atoms with Crippen LogP contribution in [-0.4, -0.2) is 28.2 Å². The van der Waals surface area contributed by atoms with Crippen molar-refractivity contribution in [3.8, 4) is 11.3 Å². The summed E-state index contributed by atoms with van der Waals surface area (Å²) < 4.78 is 19.9. The minimum atomic E-state index is -0.242. The first kappa shape index (κ1) is 18.8. The molecule has 4 aromatic rings. The number of nitrogens with one attached hydrogen (secondary N) is 3. The second-order valence-electron chi connectivity index (χ2n) is 8.58. The number of fused-ring (bicyclic) bond motifs is 3. The number of benzene rings is 2. The smallest absolute Gasteiger partial charge is 0.132 e. The van der Waals surface area contributed by atoms with Crippen molar-refractivity contribution in [2.45, 2.75) is 31.3 Å². The van der Waals surface area contributed by atoms with Crippen LogP contribution in [0, 0.1) is 11.7 Å². The molecular formula is C25H25FN4O. The van der Waals surface area contributed by atoms with Crippen molar-refractivity contribution in [2.24, 2.45) is 5.92 Å². The van der Waals surface area contributed by atoms with Gasteiger partial charge in [0, 0.05) is 35.4 Å². The molecule has 2 aliphatic rings. The number of H-pyrrole nitrogens is 2. The molecule has 5 nitrogen and oxygen atoms in total.